The molecule has 0 saturated carbocycles. The van der Waals surface area contributed by atoms with Crippen LogP contribution in [0.25, 0.3) is 5.57 Å². The highest BCUT2D eigenvalue weighted by molar-refractivity contribution is 7.14. The second-order valence-corrected chi connectivity index (χ2v) is 8.85. The summed E-state index contributed by atoms with van der Waals surface area (Å²) in [7, 11) is 0. The average molecular weight is 429 g/mol. The molecule has 0 spiro atoms. The van der Waals surface area contributed by atoms with E-state index in [0.717, 1.165) is 11.3 Å². The molecule has 162 valence electrons. The summed E-state index contributed by atoms with van der Waals surface area (Å²) < 4.78 is 15.7. The van der Waals surface area contributed by atoms with Gasteiger partial charge >= 0.3 is 18.0 Å². The van der Waals surface area contributed by atoms with E-state index in [2.05, 4.69) is 10.3 Å². The molecule has 0 aliphatic rings. The Kier molecular flexibility index (Phi) is 8.19. The molecule has 1 heterocycles. The van der Waals surface area contributed by atoms with E-state index in [1.54, 1.807) is 48.5 Å². The number of carboxylic acids is 1. The van der Waals surface area contributed by atoms with Gasteiger partial charge in [-0.2, -0.15) is 0 Å². The first-order valence-corrected chi connectivity index (χ1v) is 9.86. The van der Waals surface area contributed by atoms with Crippen molar-refractivity contribution in [3.8, 4) is 0 Å². The molecule has 1 aromatic heterocycles. The standard InChI is InChI=1S/C19H28N2O7S/c1-8-12(26-9-13(22)27-18(2,3)4)14(15(23)24)11-10-29-16(20-11)21-17(25)28-19(5,6)7/h10H,8-9H2,1-7H3,(H,23,24)(H,20,21,25). The Morgan fingerprint density at radius 2 is 1.69 bits per heavy atom. The van der Waals surface area contributed by atoms with Crippen molar-refractivity contribution in [3.63, 3.8) is 0 Å². The number of carbonyl (C=O) groups excluding carboxylic acids is 2. The minimum Gasteiger partial charge on any atom is -0.485 e. The third-order valence-corrected chi connectivity index (χ3v) is 3.72. The number of nitrogens with one attached hydrogen (secondary N) is 1. The van der Waals surface area contributed by atoms with Gasteiger partial charge < -0.3 is 19.3 Å². The lowest BCUT2D eigenvalue weighted by Gasteiger charge is -2.20. The molecule has 0 fully saturated rings. The third kappa shape index (κ3) is 8.95. The molecule has 0 aliphatic carbocycles. The monoisotopic (exact) mass is 428 g/mol. The number of nitrogens with zero attached hydrogens (tertiary/aromatic N) is 1. The molecule has 1 amide bonds. The summed E-state index contributed by atoms with van der Waals surface area (Å²) in [6.45, 7) is 11.6. The van der Waals surface area contributed by atoms with Gasteiger partial charge in [-0.25, -0.2) is 19.4 Å². The number of carbonyl (C=O) groups is 3. The molecule has 0 bridgehead atoms. The summed E-state index contributed by atoms with van der Waals surface area (Å²) in [4.78, 5) is 39.6. The van der Waals surface area contributed by atoms with E-state index in [-0.39, 0.29) is 28.6 Å². The predicted octanol–water partition coefficient (Wildman–Crippen LogP) is 4.05. The molecule has 0 aromatic carbocycles. The van der Waals surface area contributed by atoms with E-state index in [9.17, 15) is 19.5 Å². The van der Waals surface area contributed by atoms with Crippen LogP contribution in [0.1, 0.15) is 60.6 Å². The van der Waals surface area contributed by atoms with Gasteiger partial charge in [0.15, 0.2) is 11.7 Å². The fourth-order valence-electron chi connectivity index (χ4n) is 2.08. The zero-order valence-electron chi connectivity index (χ0n) is 17.7. The van der Waals surface area contributed by atoms with E-state index in [0.29, 0.717) is 0 Å². The van der Waals surface area contributed by atoms with Gasteiger partial charge in [0.25, 0.3) is 0 Å². The van der Waals surface area contributed by atoms with Crippen LogP contribution >= 0.6 is 11.3 Å². The maximum absolute atomic E-state index is 11.9. The van der Waals surface area contributed by atoms with Crippen LogP contribution < -0.4 is 5.32 Å². The van der Waals surface area contributed by atoms with Gasteiger partial charge in [-0.05, 0) is 41.5 Å². The van der Waals surface area contributed by atoms with E-state index >= 15 is 0 Å². The topological polar surface area (TPSA) is 124 Å². The minimum absolute atomic E-state index is 0.0810. The van der Waals surface area contributed by atoms with Crippen LogP contribution in [0, 0.1) is 0 Å². The smallest absolute Gasteiger partial charge is 0.413 e. The first kappa shape index (κ1) is 24.4. The number of thiazole rings is 1. The molecular formula is C19H28N2O7S. The second kappa shape index (κ2) is 9.73. The molecule has 1 aromatic rings. The van der Waals surface area contributed by atoms with Crippen LogP contribution in [0.2, 0.25) is 0 Å². The first-order valence-electron chi connectivity index (χ1n) is 8.99. The van der Waals surface area contributed by atoms with Crippen LogP contribution in [-0.2, 0) is 23.8 Å². The minimum atomic E-state index is -1.26. The zero-order valence-corrected chi connectivity index (χ0v) is 18.6. The number of esters is 1. The fraction of sp³-hybridized carbons (Fsp3) is 0.579. The largest absolute Gasteiger partial charge is 0.485 e. The third-order valence-electron chi connectivity index (χ3n) is 2.97. The Bertz CT molecular complexity index is 785. The Labute approximate surface area is 174 Å². The number of carboxylic acid groups (broad SMARTS) is 1. The molecule has 9 nitrogen and oxygen atoms in total. The molecule has 0 aliphatic heterocycles. The number of hydrogen-bond acceptors (Lipinski definition) is 8. The van der Waals surface area contributed by atoms with Gasteiger partial charge in [-0.1, -0.05) is 6.92 Å². The van der Waals surface area contributed by atoms with Crippen LogP contribution in [0.15, 0.2) is 11.1 Å². The van der Waals surface area contributed by atoms with Gasteiger partial charge in [-0.15, -0.1) is 11.3 Å². The highest BCUT2D eigenvalue weighted by Gasteiger charge is 2.24. The van der Waals surface area contributed by atoms with Gasteiger partial charge in [0.05, 0.1) is 5.69 Å². The molecule has 0 radical (unpaired) electrons. The van der Waals surface area contributed by atoms with Crippen molar-refractivity contribution in [3.05, 3.63) is 16.8 Å². The quantitative estimate of drug-likeness (QED) is 0.379. The summed E-state index contributed by atoms with van der Waals surface area (Å²) in [5, 5.41) is 13.7. The van der Waals surface area contributed by atoms with Crippen molar-refractivity contribution >= 4 is 40.1 Å². The molecule has 29 heavy (non-hydrogen) atoms. The van der Waals surface area contributed by atoms with E-state index in [4.69, 9.17) is 14.2 Å². The Morgan fingerprint density at radius 3 is 2.17 bits per heavy atom. The highest BCUT2D eigenvalue weighted by atomic mass is 32.1. The van der Waals surface area contributed by atoms with Crippen molar-refractivity contribution in [2.45, 2.75) is 66.1 Å². The fourth-order valence-corrected chi connectivity index (χ4v) is 2.76. The Morgan fingerprint density at radius 1 is 1.10 bits per heavy atom. The molecule has 0 atom stereocenters. The first-order chi connectivity index (χ1) is 13.2. The number of hydrogen-bond donors (Lipinski definition) is 2. The zero-order chi connectivity index (χ0) is 22.4. The lowest BCUT2D eigenvalue weighted by Crippen LogP contribution is -2.27. The van der Waals surface area contributed by atoms with E-state index in [1.165, 1.54) is 5.38 Å². The number of ether oxygens (including phenoxy) is 3. The molecule has 1 rings (SSSR count). The number of rotatable bonds is 7. The SMILES string of the molecule is CCC(OCC(=O)OC(C)(C)C)=C(C(=O)O)c1csc(NC(=O)OC(C)(C)C)n1. The Hall–Kier alpha value is -2.62. The van der Waals surface area contributed by atoms with Crippen LogP contribution in [0.3, 0.4) is 0 Å². The number of aliphatic carboxylic acids is 1. The van der Waals surface area contributed by atoms with E-state index in [1.807, 2.05) is 0 Å². The molecule has 0 saturated heterocycles. The molecule has 2 N–H and O–H groups in total. The number of aromatic nitrogens is 1. The Balaban J connectivity index is 2.99. The van der Waals surface area contributed by atoms with E-state index < -0.39 is 35.8 Å². The number of anilines is 1. The van der Waals surface area contributed by atoms with Crippen LogP contribution in [0.4, 0.5) is 9.93 Å². The van der Waals surface area contributed by atoms with Crippen LogP contribution in [-0.4, -0.2) is 45.9 Å². The normalized spacial score (nSPS) is 12.7. The second-order valence-electron chi connectivity index (χ2n) is 8.00. The van der Waals surface area contributed by atoms with Crippen molar-refractivity contribution < 1.29 is 33.7 Å². The summed E-state index contributed by atoms with van der Waals surface area (Å²) in [5.74, 6) is -1.80. The van der Waals surface area contributed by atoms with Gasteiger partial charge in [-0.3, -0.25) is 5.32 Å². The number of amides is 1. The molecular weight excluding hydrogens is 400 g/mol. The summed E-state index contributed by atoms with van der Waals surface area (Å²) >= 11 is 1.04. The van der Waals surface area contributed by atoms with Gasteiger partial charge in [0.2, 0.25) is 0 Å². The highest BCUT2D eigenvalue weighted by Crippen LogP contribution is 2.27. The maximum Gasteiger partial charge on any atom is 0.413 e. The van der Waals surface area contributed by atoms with Gasteiger partial charge in [0.1, 0.15) is 22.5 Å². The maximum atomic E-state index is 11.9. The van der Waals surface area contributed by atoms with Gasteiger partial charge in [0, 0.05) is 11.8 Å². The average Bonchev–Trinajstić information content (AvgIpc) is 2.94. The van der Waals surface area contributed by atoms with Crippen LogP contribution in [0.5, 0.6) is 0 Å². The lowest BCUT2D eigenvalue weighted by atomic mass is 10.1. The van der Waals surface area contributed by atoms with Crippen molar-refractivity contribution in [1.29, 1.82) is 0 Å². The lowest BCUT2D eigenvalue weighted by molar-refractivity contribution is -0.159. The molecule has 10 heteroatoms. The molecule has 0 unspecified atom stereocenters. The van der Waals surface area contributed by atoms with Crippen molar-refractivity contribution in [2.75, 3.05) is 11.9 Å². The van der Waals surface area contributed by atoms with Crippen molar-refractivity contribution in [1.82, 2.24) is 4.98 Å². The summed E-state index contributed by atoms with van der Waals surface area (Å²) in [6, 6.07) is 0. The van der Waals surface area contributed by atoms with Crippen molar-refractivity contribution in [2.24, 2.45) is 0 Å². The summed E-state index contributed by atoms with van der Waals surface area (Å²) in [5.41, 5.74) is -1.44. The predicted molar refractivity (Wildman–Crippen MR) is 109 cm³/mol. The summed E-state index contributed by atoms with van der Waals surface area (Å²) in [6.07, 6.45) is -0.479. The number of allylic oxidation sites excluding steroid dienone is 1.